The molecule has 0 unspecified atom stereocenters. The summed E-state index contributed by atoms with van der Waals surface area (Å²) in [6.45, 7) is 11.6. The maximum Gasteiger partial charge on any atom is 0.129 e. The molecule has 0 atom stereocenters. The molecule has 0 aliphatic carbocycles. The molecule has 120 valence electrons. The lowest BCUT2D eigenvalue weighted by molar-refractivity contribution is 0.336. The summed E-state index contributed by atoms with van der Waals surface area (Å²) in [6, 6.07) is 6.97. The van der Waals surface area contributed by atoms with E-state index in [9.17, 15) is 0 Å². The fraction of sp³-hybridized carbons (Fsp3) is 0.600. The van der Waals surface area contributed by atoms with Gasteiger partial charge in [-0.3, -0.25) is 0 Å². The van der Waals surface area contributed by atoms with E-state index in [1.807, 2.05) is 11.8 Å². The number of hydrogen-bond donors (Lipinski definition) is 0. The normalized spacial score (nSPS) is 16.6. The van der Waals surface area contributed by atoms with Gasteiger partial charge in [-0.25, -0.2) is 0 Å². The zero-order chi connectivity index (χ0) is 16.2. The topological polar surface area (TPSA) is 0 Å². The van der Waals surface area contributed by atoms with Gasteiger partial charge in [0.05, 0.1) is 0 Å². The molecule has 0 aromatic heterocycles. The molecule has 0 saturated heterocycles. The molecule has 1 aromatic rings. The minimum absolute atomic E-state index is 0.404. The van der Waals surface area contributed by atoms with Gasteiger partial charge in [-0.2, -0.15) is 0 Å². The van der Waals surface area contributed by atoms with Crippen molar-refractivity contribution in [3.63, 3.8) is 0 Å². The molecule has 1 aliphatic rings. The predicted octanol–water partition coefficient (Wildman–Crippen LogP) is 6.25. The average Bonchev–Trinajstić information content (AvgIpc) is 2.45. The van der Waals surface area contributed by atoms with E-state index in [-0.39, 0.29) is 0 Å². The van der Waals surface area contributed by atoms with Gasteiger partial charge in [0.1, 0.15) is 8.07 Å². The van der Waals surface area contributed by atoms with Crippen molar-refractivity contribution >= 4 is 19.8 Å². The highest BCUT2D eigenvalue weighted by molar-refractivity contribution is 7.99. The van der Waals surface area contributed by atoms with Crippen LogP contribution in [0, 0.1) is 11.5 Å². The first-order valence-corrected chi connectivity index (χ1v) is 13.2. The van der Waals surface area contributed by atoms with Gasteiger partial charge in [0.15, 0.2) is 0 Å². The zero-order valence-electron chi connectivity index (χ0n) is 14.9. The van der Waals surface area contributed by atoms with E-state index in [1.165, 1.54) is 48.3 Å². The first-order chi connectivity index (χ1) is 10.4. The Morgan fingerprint density at radius 2 is 1.82 bits per heavy atom. The molecule has 2 rings (SSSR count). The number of benzene rings is 1. The standard InChI is InChI=1S/C20H30SSi/c1-6-11-20(12-7-2)13-14-21-19-9-8-17(16-18(19)20)10-15-22(3,4)5/h8-9,16H,6-7,11-14H2,1-5H3. The number of rotatable bonds is 4. The van der Waals surface area contributed by atoms with Gasteiger partial charge in [0, 0.05) is 10.5 Å². The molecule has 0 saturated carbocycles. The van der Waals surface area contributed by atoms with Crippen molar-refractivity contribution in [2.75, 3.05) is 5.75 Å². The van der Waals surface area contributed by atoms with Crippen LogP contribution in [0.15, 0.2) is 23.1 Å². The molecule has 1 aromatic carbocycles. The summed E-state index contributed by atoms with van der Waals surface area (Å²) in [4.78, 5) is 1.51. The quantitative estimate of drug-likeness (QED) is 0.464. The van der Waals surface area contributed by atoms with E-state index in [0.717, 1.165) is 0 Å². The summed E-state index contributed by atoms with van der Waals surface area (Å²) < 4.78 is 0. The van der Waals surface area contributed by atoms with Crippen LogP contribution in [0.3, 0.4) is 0 Å². The van der Waals surface area contributed by atoms with Crippen molar-refractivity contribution in [3.05, 3.63) is 29.3 Å². The summed E-state index contributed by atoms with van der Waals surface area (Å²) in [7, 11) is -1.31. The Kier molecular flexibility index (Phi) is 5.86. The van der Waals surface area contributed by atoms with E-state index in [4.69, 9.17) is 0 Å². The van der Waals surface area contributed by atoms with Gasteiger partial charge in [0.25, 0.3) is 0 Å². The van der Waals surface area contributed by atoms with Crippen LogP contribution in [0.1, 0.15) is 57.1 Å². The highest BCUT2D eigenvalue weighted by Gasteiger charge is 2.35. The fourth-order valence-corrected chi connectivity index (χ4v) is 5.33. The van der Waals surface area contributed by atoms with E-state index in [0.29, 0.717) is 5.41 Å². The lowest BCUT2D eigenvalue weighted by Crippen LogP contribution is -2.30. The van der Waals surface area contributed by atoms with Crippen LogP contribution in [0.25, 0.3) is 0 Å². The van der Waals surface area contributed by atoms with Crippen LogP contribution in [0.4, 0.5) is 0 Å². The summed E-state index contributed by atoms with van der Waals surface area (Å²) >= 11 is 2.04. The Bertz CT molecular complexity index is 566. The second-order valence-electron chi connectivity index (χ2n) is 7.59. The van der Waals surface area contributed by atoms with Crippen molar-refractivity contribution < 1.29 is 0 Å². The van der Waals surface area contributed by atoms with Crippen molar-refractivity contribution in [1.82, 2.24) is 0 Å². The number of fused-ring (bicyclic) bond motifs is 1. The smallest absolute Gasteiger partial charge is 0.127 e. The minimum Gasteiger partial charge on any atom is -0.127 e. The average molecular weight is 331 g/mol. The third-order valence-electron chi connectivity index (χ3n) is 4.43. The molecule has 0 bridgehead atoms. The molecular formula is C20H30SSi. The maximum absolute atomic E-state index is 3.52. The minimum atomic E-state index is -1.31. The van der Waals surface area contributed by atoms with Gasteiger partial charge in [-0.05, 0) is 54.2 Å². The molecule has 1 aliphatic heterocycles. The highest BCUT2D eigenvalue weighted by Crippen LogP contribution is 2.47. The molecule has 22 heavy (non-hydrogen) atoms. The first kappa shape index (κ1) is 17.7. The molecular weight excluding hydrogens is 300 g/mol. The van der Waals surface area contributed by atoms with Crippen molar-refractivity contribution in [2.45, 2.75) is 75.9 Å². The first-order valence-electron chi connectivity index (χ1n) is 8.71. The zero-order valence-corrected chi connectivity index (χ0v) is 16.7. The SMILES string of the molecule is CCCC1(CCC)CCSc2ccc(C#C[Si](C)(C)C)cc21. The molecule has 1 heterocycles. The van der Waals surface area contributed by atoms with Crippen molar-refractivity contribution in [2.24, 2.45) is 0 Å². The van der Waals surface area contributed by atoms with Crippen LogP contribution in [-0.2, 0) is 5.41 Å². The largest absolute Gasteiger partial charge is 0.129 e. The summed E-state index contributed by atoms with van der Waals surface area (Å²) in [5.74, 6) is 4.73. The van der Waals surface area contributed by atoms with Gasteiger partial charge in [-0.1, -0.05) is 52.3 Å². The monoisotopic (exact) mass is 330 g/mol. The van der Waals surface area contributed by atoms with E-state index < -0.39 is 8.07 Å². The Balaban J connectivity index is 2.44. The van der Waals surface area contributed by atoms with Crippen LogP contribution < -0.4 is 0 Å². The molecule has 0 fully saturated rings. The maximum atomic E-state index is 3.52. The highest BCUT2D eigenvalue weighted by atomic mass is 32.2. The Morgan fingerprint density at radius 1 is 1.14 bits per heavy atom. The van der Waals surface area contributed by atoms with Crippen LogP contribution in [0.2, 0.25) is 19.6 Å². The van der Waals surface area contributed by atoms with E-state index in [1.54, 1.807) is 5.56 Å². The Hall–Kier alpha value is -0.653. The second-order valence-corrected chi connectivity index (χ2v) is 13.5. The van der Waals surface area contributed by atoms with Crippen molar-refractivity contribution in [3.8, 4) is 11.5 Å². The third kappa shape index (κ3) is 4.21. The molecule has 2 heteroatoms. The van der Waals surface area contributed by atoms with Gasteiger partial charge >= 0.3 is 0 Å². The lowest BCUT2D eigenvalue weighted by Gasteiger charge is -2.39. The van der Waals surface area contributed by atoms with Gasteiger partial charge in [0.2, 0.25) is 0 Å². The van der Waals surface area contributed by atoms with Gasteiger partial charge < -0.3 is 0 Å². The van der Waals surface area contributed by atoms with Crippen molar-refractivity contribution in [1.29, 1.82) is 0 Å². The molecule has 0 radical (unpaired) electrons. The summed E-state index contributed by atoms with van der Waals surface area (Å²) in [6.07, 6.45) is 6.51. The van der Waals surface area contributed by atoms with Crippen LogP contribution >= 0.6 is 11.8 Å². The van der Waals surface area contributed by atoms with E-state index >= 15 is 0 Å². The molecule has 0 spiro atoms. The number of hydrogen-bond acceptors (Lipinski definition) is 1. The Morgan fingerprint density at radius 3 is 2.41 bits per heavy atom. The fourth-order valence-electron chi connectivity index (χ4n) is 3.50. The summed E-state index contributed by atoms with van der Waals surface area (Å²) in [5.41, 5.74) is 6.74. The van der Waals surface area contributed by atoms with Crippen LogP contribution in [-0.4, -0.2) is 13.8 Å². The van der Waals surface area contributed by atoms with Gasteiger partial charge in [-0.15, -0.1) is 17.3 Å². The second kappa shape index (κ2) is 7.28. The Labute approximate surface area is 142 Å². The van der Waals surface area contributed by atoms with E-state index in [2.05, 4.69) is 63.2 Å². The lowest BCUT2D eigenvalue weighted by atomic mass is 9.71. The predicted molar refractivity (Wildman–Crippen MR) is 104 cm³/mol. The molecule has 0 nitrogen and oxygen atoms in total. The molecule has 0 amide bonds. The summed E-state index contributed by atoms with van der Waals surface area (Å²) in [5, 5.41) is 0. The van der Waals surface area contributed by atoms with Crippen LogP contribution in [0.5, 0.6) is 0 Å². The number of thioether (sulfide) groups is 1. The molecule has 0 N–H and O–H groups in total. The third-order valence-corrected chi connectivity index (χ3v) is 6.38.